The van der Waals surface area contributed by atoms with Crippen LogP contribution >= 0.6 is 0 Å². The van der Waals surface area contributed by atoms with Gasteiger partial charge in [-0.2, -0.15) is 0 Å². The molecule has 7 heteroatoms. The molecule has 4 rings (SSSR count). The van der Waals surface area contributed by atoms with E-state index in [-0.39, 0.29) is 18.4 Å². The summed E-state index contributed by atoms with van der Waals surface area (Å²) in [6.07, 6.45) is 0.742. The Kier molecular flexibility index (Phi) is 5.57. The summed E-state index contributed by atoms with van der Waals surface area (Å²) in [5.74, 6) is 0.676. The molecule has 2 aromatic carbocycles. The number of nitrogens with zero attached hydrogens (tertiary/aromatic N) is 3. The van der Waals surface area contributed by atoms with Crippen molar-refractivity contribution in [3.63, 3.8) is 0 Å². The number of nitrogens with one attached hydrogen (secondary N) is 1. The van der Waals surface area contributed by atoms with Crippen LogP contribution in [0, 0.1) is 0 Å². The van der Waals surface area contributed by atoms with Crippen LogP contribution in [0.25, 0.3) is 11.0 Å². The van der Waals surface area contributed by atoms with E-state index in [2.05, 4.69) is 10.3 Å². The molecule has 1 fully saturated rings. The summed E-state index contributed by atoms with van der Waals surface area (Å²) in [7, 11) is 0. The third-order valence-electron chi connectivity index (χ3n) is 5.04. The highest BCUT2D eigenvalue weighted by atomic mass is 16.5. The molecule has 2 heterocycles. The fraction of sp³-hybridized carbons (Fsp3) is 0.318. The summed E-state index contributed by atoms with van der Waals surface area (Å²) in [5.41, 5.74) is 3.00. The smallest absolute Gasteiger partial charge is 0.254 e. The normalized spacial score (nSPS) is 14.2. The highest BCUT2D eigenvalue weighted by molar-refractivity contribution is 5.97. The van der Waals surface area contributed by atoms with Gasteiger partial charge in [0, 0.05) is 30.8 Å². The Morgan fingerprint density at radius 2 is 1.90 bits per heavy atom. The highest BCUT2D eigenvalue weighted by Crippen LogP contribution is 2.18. The molecule has 0 saturated carbocycles. The number of carbonyl (C=O) groups is 2. The SMILES string of the molecule is CCc1nc2ccccc2n1CC(=O)Nc1cccc(C(=O)N2CCOCC2)c1. The Morgan fingerprint density at radius 3 is 2.69 bits per heavy atom. The molecule has 0 bridgehead atoms. The second-order valence-electron chi connectivity index (χ2n) is 6.99. The summed E-state index contributed by atoms with van der Waals surface area (Å²) >= 11 is 0. The van der Waals surface area contributed by atoms with Crippen LogP contribution in [0.4, 0.5) is 5.69 Å². The van der Waals surface area contributed by atoms with Gasteiger partial charge in [-0.3, -0.25) is 9.59 Å². The van der Waals surface area contributed by atoms with E-state index in [1.807, 2.05) is 35.8 Å². The van der Waals surface area contributed by atoms with E-state index < -0.39 is 0 Å². The summed E-state index contributed by atoms with van der Waals surface area (Å²) in [6, 6.07) is 14.9. The largest absolute Gasteiger partial charge is 0.378 e. The standard InChI is InChI=1S/C22H24N4O3/c1-2-20-24-18-8-3-4-9-19(18)26(20)15-21(27)23-17-7-5-6-16(14-17)22(28)25-10-12-29-13-11-25/h3-9,14H,2,10-13,15H2,1H3,(H,23,27). The summed E-state index contributed by atoms with van der Waals surface area (Å²) in [5, 5.41) is 2.91. The van der Waals surface area contributed by atoms with Crippen molar-refractivity contribution in [2.75, 3.05) is 31.6 Å². The van der Waals surface area contributed by atoms with Gasteiger partial charge in [0.1, 0.15) is 12.4 Å². The van der Waals surface area contributed by atoms with Gasteiger partial charge in [-0.25, -0.2) is 4.98 Å². The average molecular weight is 392 g/mol. The Balaban J connectivity index is 1.49. The number of aryl methyl sites for hydroxylation is 1. The van der Waals surface area contributed by atoms with Crippen molar-refractivity contribution in [2.45, 2.75) is 19.9 Å². The van der Waals surface area contributed by atoms with Gasteiger partial charge < -0.3 is 19.5 Å². The lowest BCUT2D eigenvalue weighted by atomic mass is 10.1. The Morgan fingerprint density at radius 1 is 1.10 bits per heavy atom. The predicted octanol–water partition coefficient (Wildman–Crippen LogP) is 2.71. The minimum atomic E-state index is -0.154. The molecule has 0 aliphatic carbocycles. The van der Waals surface area contributed by atoms with Gasteiger partial charge in [-0.15, -0.1) is 0 Å². The minimum absolute atomic E-state index is 0.0433. The molecular weight excluding hydrogens is 368 g/mol. The molecule has 1 N–H and O–H groups in total. The van der Waals surface area contributed by atoms with E-state index in [0.717, 1.165) is 23.3 Å². The maximum Gasteiger partial charge on any atom is 0.254 e. The van der Waals surface area contributed by atoms with Crippen LogP contribution in [0.2, 0.25) is 0 Å². The first-order valence-electron chi connectivity index (χ1n) is 9.87. The summed E-state index contributed by atoms with van der Waals surface area (Å²) < 4.78 is 7.24. The van der Waals surface area contributed by atoms with E-state index in [9.17, 15) is 9.59 Å². The van der Waals surface area contributed by atoms with E-state index in [4.69, 9.17) is 4.74 Å². The molecular formula is C22H24N4O3. The lowest BCUT2D eigenvalue weighted by Crippen LogP contribution is -2.40. The Hall–Kier alpha value is -3.19. The lowest BCUT2D eigenvalue weighted by Gasteiger charge is -2.27. The molecule has 2 amide bonds. The molecule has 150 valence electrons. The topological polar surface area (TPSA) is 76.5 Å². The molecule has 1 aliphatic rings. The molecule has 7 nitrogen and oxygen atoms in total. The van der Waals surface area contributed by atoms with E-state index in [1.165, 1.54) is 0 Å². The van der Waals surface area contributed by atoms with Gasteiger partial charge in [-0.05, 0) is 30.3 Å². The number of imidazole rings is 1. The van der Waals surface area contributed by atoms with Crippen LogP contribution in [0.15, 0.2) is 48.5 Å². The lowest BCUT2D eigenvalue weighted by molar-refractivity contribution is -0.116. The number of hydrogen-bond acceptors (Lipinski definition) is 4. The fourth-order valence-electron chi connectivity index (χ4n) is 3.59. The first-order chi connectivity index (χ1) is 14.2. The number of benzene rings is 2. The van der Waals surface area contributed by atoms with Crippen molar-refractivity contribution < 1.29 is 14.3 Å². The molecule has 0 atom stereocenters. The quantitative estimate of drug-likeness (QED) is 0.724. The molecule has 1 saturated heterocycles. The molecule has 0 unspecified atom stereocenters. The first-order valence-corrected chi connectivity index (χ1v) is 9.87. The summed E-state index contributed by atoms with van der Waals surface area (Å²) in [4.78, 5) is 31.7. The average Bonchev–Trinajstić information content (AvgIpc) is 3.11. The van der Waals surface area contributed by atoms with Crippen molar-refractivity contribution in [1.82, 2.24) is 14.5 Å². The zero-order valence-corrected chi connectivity index (χ0v) is 16.4. The molecule has 1 aliphatic heterocycles. The molecule has 0 spiro atoms. The van der Waals surface area contributed by atoms with Crippen molar-refractivity contribution in [3.05, 3.63) is 59.9 Å². The van der Waals surface area contributed by atoms with Crippen LogP contribution in [-0.2, 0) is 22.5 Å². The predicted molar refractivity (Wildman–Crippen MR) is 111 cm³/mol. The van der Waals surface area contributed by atoms with E-state index >= 15 is 0 Å². The zero-order chi connectivity index (χ0) is 20.2. The molecule has 29 heavy (non-hydrogen) atoms. The fourth-order valence-corrected chi connectivity index (χ4v) is 3.59. The number of anilines is 1. The second-order valence-corrected chi connectivity index (χ2v) is 6.99. The maximum atomic E-state index is 12.7. The third-order valence-corrected chi connectivity index (χ3v) is 5.04. The van der Waals surface area contributed by atoms with Gasteiger partial charge in [0.2, 0.25) is 5.91 Å². The number of carbonyl (C=O) groups excluding carboxylic acids is 2. The van der Waals surface area contributed by atoms with Crippen LogP contribution in [0.3, 0.4) is 0 Å². The number of fused-ring (bicyclic) bond motifs is 1. The number of rotatable bonds is 5. The Labute approximate surface area is 169 Å². The van der Waals surface area contributed by atoms with Gasteiger partial charge in [0.25, 0.3) is 5.91 Å². The van der Waals surface area contributed by atoms with Crippen LogP contribution < -0.4 is 5.32 Å². The minimum Gasteiger partial charge on any atom is -0.378 e. The monoisotopic (exact) mass is 392 g/mol. The van der Waals surface area contributed by atoms with Crippen LogP contribution in [-0.4, -0.2) is 52.6 Å². The summed E-state index contributed by atoms with van der Waals surface area (Å²) in [6.45, 7) is 4.48. The van der Waals surface area contributed by atoms with Gasteiger partial charge in [-0.1, -0.05) is 25.1 Å². The van der Waals surface area contributed by atoms with Gasteiger partial charge in [0.05, 0.1) is 24.2 Å². The molecule has 3 aromatic rings. The van der Waals surface area contributed by atoms with E-state index in [1.54, 1.807) is 29.2 Å². The number of para-hydroxylation sites is 2. The number of morpholine rings is 1. The highest BCUT2D eigenvalue weighted by Gasteiger charge is 2.19. The van der Waals surface area contributed by atoms with Crippen LogP contribution in [0.1, 0.15) is 23.1 Å². The van der Waals surface area contributed by atoms with Crippen LogP contribution in [0.5, 0.6) is 0 Å². The van der Waals surface area contributed by atoms with Crippen molar-refractivity contribution in [1.29, 1.82) is 0 Å². The van der Waals surface area contributed by atoms with E-state index in [0.29, 0.717) is 37.6 Å². The Bertz CT molecular complexity index is 1040. The van der Waals surface area contributed by atoms with Crippen molar-refractivity contribution in [2.24, 2.45) is 0 Å². The zero-order valence-electron chi connectivity index (χ0n) is 16.4. The number of hydrogen-bond donors (Lipinski definition) is 1. The molecule has 1 aromatic heterocycles. The van der Waals surface area contributed by atoms with Crippen molar-refractivity contribution in [3.8, 4) is 0 Å². The number of ether oxygens (including phenoxy) is 1. The molecule has 0 radical (unpaired) electrons. The second kappa shape index (κ2) is 8.45. The first kappa shape index (κ1) is 19.1. The number of aromatic nitrogens is 2. The third kappa shape index (κ3) is 4.14. The van der Waals surface area contributed by atoms with Gasteiger partial charge >= 0.3 is 0 Å². The number of amides is 2. The van der Waals surface area contributed by atoms with Crippen molar-refractivity contribution >= 4 is 28.5 Å². The maximum absolute atomic E-state index is 12.7. The van der Waals surface area contributed by atoms with Gasteiger partial charge in [0.15, 0.2) is 0 Å².